The second-order valence-corrected chi connectivity index (χ2v) is 2.66. The zero-order valence-electron chi connectivity index (χ0n) is 6.03. The highest BCUT2D eigenvalue weighted by Gasteiger charge is 2.06. The molecule has 1 aromatic rings. The zero-order valence-corrected chi connectivity index (χ0v) is 6.93. The molecule has 0 aliphatic carbocycles. The van der Waals surface area contributed by atoms with Crippen molar-refractivity contribution in [1.29, 1.82) is 0 Å². The Morgan fingerprint density at radius 1 is 1.50 bits per heavy atom. The first-order valence-corrected chi connectivity index (χ1v) is 3.80. The second kappa shape index (κ2) is 3.05. The average Bonchev–Trinajstić information content (AvgIpc) is 2.34. The quantitative estimate of drug-likeness (QED) is 0.665. The van der Waals surface area contributed by atoms with Crippen LogP contribution in [0.3, 0.4) is 0 Å². The van der Waals surface area contributed by atoms with Gasteiger partial charge < -0.3 is 4.42 Å². The Balaban J connectivity index is 2.78. The van der Waals surface area contributed by atoms with E-state index in [2.05, 4.69) is 22.8 Å². The van der Waals surface area contributed by atoms with Crippen molar-refractivity contribution in [3.63, 3.8) is 0 Å². The summed E-state index contributed by atoms with van der Waals surface area (Å²) in [5, 5.41) is 7.58. The fourth-order valence-electron chi connectivity index (χ4n) is 0.564. The molecule has 0 aliphatic heterocycles. The molecule has 4 heteroatoms. The van der Waals surface area contributed by atoms with Crippen molar-refractivity contribution in [2.75, 3.05) is 0 Å². The largest absolute Gasteiger partial charge is 0.424 e. The van der Waals surface area contributed by atoms with E-state index in [1.165, 1.54) is 0 Å². The van der Waals surface area contributed by atoms with E-state index >= 15 is 0 Å². The van der Waals surface area contributed by atoms with E-state index in [-0.39, 0.29) is 0 Å². The molecular weight excluding hydrogens is 148 g/mol. The van der Waals surface area contributed by atoms with Gasteiger partial charge in [0.15, 0.2) is 0 Å². The van der Waals surface area contributed by atoms with Crippen LogP contribution in [0.25, 0.3) is 0 Å². The molecule has 0 fully saturated rings. The molecule has 1 rings (SSSR count). The third-order valence-electron chi connectivity index (χ3n) is 1.11. The van der Waals surface area contributed by atoms with E-state index in [1.807, 2.05) is 13.8 Å². The normalized spacial score (nSPS) is 10.8. The number of hydrogen-bond acceptors (Lipinski definition) is 4. The van der Waals surface area contributed by atoms with Crippen molar-refractivity contribution in [2.45, 2.75) is 25.5 Å². The summed E-state index contributed by atoms with van der Waals surface area (Å²) in [7, 11) is 0. The van der Waals surface area contributed by atoms with Gasteiger partial charge in [-0.05, 0) is 0 Å². The number of nitrogens with zero attached hydrogens (tertiary/aromatic N) is 2. The summed E-state index contributed by atoms with van der Waals surface area (Å²) in [5.41, 5.74) is 0. The Morgan fingerprint density at radius 3 is 2.50 bits per heavy atom. The summed E-state index contributed by atoms with van der Waals surface area (Å²) < 4.78 is 5.20. The van der Waals surface area contributed by atoms with Crippen LogP contribution in [0.5, 0.6) is 0 Å². The van der Waals surface area contributed by atoms with Crippen LogP contribution in [0.1, 0.15) is 31.5 Å². The van der Waals surface area contributed by atoms with Crippen molar-refractivity contribution >= 4 is 12.6 Å². The molecule has 0 N–H and O–H groups in total. The van der Waals surface area contributed by atoms with E-state index < -0.39 is 0 Å². The van der Waals surface area contributed by atoms with Gasteiger partial charge >= 0.3 is 0 Å². The lowest BCUT2D eigenvalue weighted by atomic mass is 10.2. The first kappa shape index (κ1) is 7.60. The van der Waals surface area contributed by atoms with Crippen LogP contribution in [0.15, 0.2) is 4.42 Å². The molecule has 1 aromatic heterocycles. The molecule has 56 valence electrons. The van der Waals surface area contributed by atoms with Gasteiger partial charge in [-0.25, -0.2) is 0 Å². The first-order valence-electron chi connectivity index (χ1n) is 3.17. The van der Waals surface area contributed by atoms with Crippen molar-refractivity contribution < 1.29 is 4.42 Å². The predicted molar refractivity (Wildman–Crippen MR) is 41.1 cm³/mol. The molecule has 0 unspecified atom stereocenters. The Hall–Kier alpha value is -0.510. The highest BCUT2D eigenvalue weighted by Crippen LogP contribution is 2.12. The topological polar surface area (TPSA) is 38.9 Å². The monoisotopic (exact) mass is 158 g/mol. The molecule has 0 aromatic carbocycles. The van der Waals surface area contributed by atoms with Gasteiger partial charge in [-0.2, -0.15) is 12.6 Å². The van der Waals surface area contributed by atoms with E-state index in [1.54, 1.807) is 0 Å². The van der Waals surface area contributed by atoms with Crippen LogP contribution in [-0.4, -0.2) is 10.2 Å². The minimum Gasteiger partial charge on any atom is -0.424 e. The van der Waals surface area contributed by atoms with Gasteiger partial charge in [0.05, 0.1) is 5.75 Å². The van der Waals surface area contributed by atoms with Gasteiger partial charge in [-0.15, -0.1) is 10.2 Å². The van der Waals surface area contributed by atoms with Gasteiger partial charge in [0.1, 0.15) is 0 Å². The highest BCUT2D eigenvalue weighted by molar-refractivity contribution is 7.79. The Bertz CT molecular complexity index is 209. The molecule has 0 atom stereocenters. The Labute approximate surface area is 65.2 Å². The highest BCUT2D eigenvalue weighted by atomic mass is 32.1. The van der Waals surface area contributed by atoms with Crippen LogP contribution in [-0.2, 0) is 5.75 Å². The SMILES string of the molecule is CC(C)c1nnc(CS)o1. The summed E-state index contributed by atoms with van der Waals surface area (Å²) >= 11 is 4.00. The molecule has 3 nitrogen and oxygen atoms in total. The molecule has 1 heterocycles. The molecule has 0 bridgehead atoms. The third-order valence-corrected chi connectivity index (χ3v) is 1.38. The van der Waals surface area contributed by atoms with Gasteiger partial charge in [-0.1, -0.05) is 13.8 Å². The van der Waals surface area contributed by atoms with Gasteiger partial charge in [0.25, 0.3) is 0 Å². The molecule has 0 saturated heterocycles. The van der Waals surface area contributed by atoms with E-state index in [9.17, 15) is 0 Å². The fraction of sp³-hybridized carbons (Fsp3) is 0.667. The minimum atomic E-state index is 0.307. The lowest BCUT2D eigenvalue weighted by Crippen LogP contribution is -1.85. The van der Waals surface area contributed by atoms with Crippen LogP contribution in [0.4, 0.5) is 0 Å². The first-order chi connectivity index (χ1) is 4.74. The number of thiol groups is 1. The van der Waals surface area contributed by atoms with Crippen molar-refractivity contribution in [2.24, 2.45) is 0 Å². The maximum absolute atomic E-state index is 5.20. The fourth-order valence-corrected chi connectivity index (χ4v) is 0.692. The van der Waals surface area contributed by atoms with Crippen molar-refractivity contribution in [3.05, 3.63) is 11.8 Å². The Kier molecular flexibility index (Phi) is 2.32. The number of aromatic nitrogens is 2. The van der Waals surface area contributed by atoms with Crippen LogP contribution < -0.4 is 0 Å². The van der Waals surface area contributed by atoms with E-state index in [0.717, 1.165) is 0 Å². The van der Waals surface area contributed by atoms with Gasteiger partial charge in [0.2, 0.25) is 11.8 Å². The predicted octanol–water partition coefficient (Wildman–Crippen LogP) is 1.62. The smallest absolute Gasteiger partial charge is 0.226 e. The minimum absolute atomic E-state index is 0.307. The van der Waals surface area contributed by atoms with Crippen LogP contribution >= 0.6 is 12.6 Å². The zero-order chi connectivity index (χ0) is 7.56. The van der Waals surface area contributed by atoms with Crippen molar-refractivity contribution in [1.82, 2.24) is 10.2 Å². The van der Waals surface area contributed by atoms with E-state index in [0.29, 0.717) is 23.5 Å². The summed E-state index contributed by atoms with van der Waals surface area (Å²) in [5.74, 6) is 2.09. The summed E-state index contributed by atoms with van der Waals surface area (Å²) in [4.78, 5) is 0. The number of hydrogen-bond donors (Lipinski definition) is 1. The Morgan fingerprint density at radius 2 is 2.20 bits per heavy atom. The molecule has 0 radical (unpaired) electrons. The number of rotatable bonds is 2. The lowest BCUT2D eigenvalue weighted by molar-refractivity contribution is 0.445. The molecule has 0 amide bonds. The standard InChI is InChI=1S/C6H10N2OS/c1-4(2)6-8-7-5(3-10)9-6/h4,10H,3H2,1-2H3. The third kappa shape index (κ3) is 1.50. The van der Waals surface area contributed by atoms with Crippen LogP contribution in [0, 0.1) is 0 Å². The summed E-state index contributed by atoms with van der Waals surface area (Å²) in [6.07, 6.45) is 0. The lowest BCUT2D eigenvalue weighted by Gasteiger charge is -1.92. The summed E-state index contributed by atoms with van der Waals surface area (Å²) in [6.45, 7) is 4.02. The second-order valence-electron chi connectivity index (χ2n) is 2.35. The van der Waals surface area contributed by atoms with Gasteiger partial charge in [0, 0.05) is 5.92 Å². The van der Waals surface area contributed by atoms with Gasteiger partial charge in [-0.3, -0.25) is 0 Å². The molecule has 0 aliphatic rings. The molecule has 0 spiro atoms. The van der Waals surface area contributed by atoms with E-state index in [4.69, 9.17) is 4.42 Å². The average molecular weight is 158 g/mol. The summed E-state index contributed by atoms with van der Waals surface area (Å²) in [6, 6.07) is 0. The molecule has 10 heavy (non-hydrogen) atoms. The maximum Gasteiger partial charge on any atom is 0.226 e. The molecular formula is C6H10N2OS. The molecule has 0 saturated carbocycles. The van der Waals surface area contributed by atoms with Crippen LogP contribution in [0.2, 0.25) is 0 Å². The van der Waals surface area contributed by atoms with Crippen molar-refractivity contribution in [3.8, 4) is 0 Å². The maximum atomic E-state index is 5.20.